The van der Waals surface area contributed by atoms with Crippen LogP contribution in [0.1, 0.15) is 34.1 Å². The first-order chi connectivity index (χ1) is 15.1. The van der Waals surface area contributed by atoms with Crippen molar-refractivity contribution in [3.05, 3.63) is 83.3 Å². The van der Waals surface area contributed by atoms with Gasteiger partial charge in [0.2, 0.25) is 11.8 Å². The molecule has 0 radical (unpaired) electrons. The highest BCUT2D eigenvalue weighted by Gasteiger charge is 2.06. The highest BCUT2D eigenvalue weighted by molar-refractivity contribution is 5.89. The van der Waals surface area contributed by atoms with Crippen LogP contribution in [0.15, 0.2) is 93.3 Å². The molecule has 0 aromatic rings. The second-order valence-electron chi connectivity index (χ2n) is 6.56. The molecule has 0 fully saturated rings. The number of aliphatic imine (C=N–C) groups is 2. The van der Waals surface area contributed by atoms with E-state index in [9.17, 15) is 0 Å². The molecule has 2 rings (SSSR count). The summed E-state index contributed by atoms with van der Waals surface area (Å²) in [6.45, 7) is 8.79. The minimum atomic E-state index is 0.525. The Kier molecular flexibility index (Phi) is 10.2. The molecule has 0 amide bonds. The molecule has 2 aliphatic rings. The lowest BCUT2D eigenvalue weighted by atomic mass is 10.2. The van der Waals surface area contributed by atoms with Gasteiger partial charge in [-0.1, -0.05) is 48.3 Å². The van der Waals surface area contributed by atoms with Gasteiger partial charge in [-0.05, 0) is 62.8 Å². The molecule has 0 spiro atoms. The first-order valence-electron chi connectivity index (χ1n) is 10.3. The van der Waals surface area contributed by atoms with Gasteiger partial charge in [0.25, 0.3) is 0 Å². The SMILES string of the molecule is CCOC1=NC2=CC=CC=C(C2)N=C(OCC)/C=C/C=C(\C)C#CC#CC(C)=C/C=C\1. The van der Waals surface area contributed by atoms with Gasteiger partial charge in [-0.15, -0.1) is 0 Å². The van der Waals surface area contributed by atoms with Crippen LogP contribution in [0.5, 0.6) is 0 Å². The Balaban J connectivity index is 2.50. The Bertz CT molecular complexity index is 966. The molecule has 1 heterocycles. The number of nitrogens with zero attached hydrogens (tertiary/aromatic N) is 2. The molecule has 1 aliphatic carbocycles. The van der Waals surface area contributed by atoms with E-state index in [1.807, 2.05) is 88.5 Å². The normalized spacial score (nSPS) is 20.4. The average molecular weight is 413 g/mol. The molecule has 0 saturated heterocycles. The minimum Gasteiger partial charge on any atom is -0.478 e. The maximum absolute atomic E-state index is 5.69. The summed E-state index contributed by atoms with van der Waals surface area (Å²) in [5, 5.41) is 0. The summed E-state index contributed by atoms with van der Waals surface area (Å²) in [5.41, 5.74) is 3.49. The summed E-state index contributed by atoms with van der Waals surface area (Å²) in [6, 6.07) is 0. The number of allylic oxidation sites excluding steroid dienone is 10. The molecule has 0 N–H and O–H groups in total. The number of hydrogen-bond acceptors (Lipinski definition) is 4. The molecule has 4 nitrogen and oxygen atoms in total. The van der Waals surface area contributed by atoms with Crippen LogP contribution in [0.2, 0.25) is 0 Å². The lowest BCUT2D eigenvalue weighted by Crippen LogP contribution is -2.03. The van der Waals surface area contributed by atoms with Crippen LogP contribution in [0.4, 0.5) is 0 Å². The third-order valence-electron chi connectivity index (χ3n) is 3.89. The van der Waals surface area contributed by atoms with Gasteiger partial charge < -0.3 is 9.47 Å². The van der Waals surface area contributed by atoms with E-state index in [1.165, 1.54) is 0 Å². The third kappa shape index (κ3) is 9.52. The van der Waals surface area contributed by atoms with Crippen molar-refractivity contribution < 1.29 is 9.47 Å². The van der Waals surface area contributed by atoms with Crippen LogP contribution < -0.4 is 0 Å². The van der Waals surface area contributed by atoms with Gasteiger partial charge in [0.1, 0.15) is 0 Å². The van der Waals surface area contributed by atoms with Crippen molar-refractivity contribution in [2.75, 3.05) is 13.2 Å². The number of ether oxygens (including phenoxy) is 2. The van der Waals surface area contributed by atoms with Crippen molar-refractivity contribution in [1.29, 1.82) is 0 Å². The van der Waals surface area contributed by atoms with E-state index < -0.39 is 0 Å². The Morgan fingerprint density at radius 3 is 1.58 bits per heavy atom. The minimum absolute atomic E-state index is 0.525. The maximum atomic E-state index is 5.69. The molecule has 0 unspecified atom stereocenters. The van der Waals surface area contributed by atoms with Crippen LogP contribution >= 0.6 is 0 Å². The summed E-state index contributed by atoms with van der Waals surface area (Å²) in [4.78, 5) is 9.36. The molecular weight excluding hydrogens is 384 g/mol. The van der Waals surface area contributed by atoms with E-state index in [0.717, 1.165) is 22.5 Å². The first kappa shape index (κ1) is 23.5. The number of rotatable bonds is 2. The number of fused-ring (bicyclic) bond motifs is 2. The van der Waals surface area contributed by atoms with E-state index in [0.29, 0.717) is 31.4 Å². The van der Waals surface area contributed by atoms with Gasteiger partial charge in [0.15, 0.2) is 0 Å². The quantitative estimate of drug-likeness (QED) is 0.553. The predicted molar refractivity (Wildman–Crippen MR) is 129 cm³/mol. The van der Waals surface area contributed by atoms with E-state index >= 15 is 0 Å². The maximum Gasteiger partial charge on any atom is 0.213 e. The van der Waals surface area contributed by atoms with Crippen LogP contribution in [-0.4, -0.2) is 25.0 Å². The fraction of sp³-hybridized carbons (Fsp3) is 0.259. The summed E-state index contributed by atoms with van der Waals surface area (Å²) in [5.74, 6) is 12.9. The summed E-state index contributed by atoms with van der Waals surface area (Å²) in [6.07, 6.45) is 19.6. The Labute approximate surface area is 185 Å². The molecule has 2 bridgehead atoms. The van der Waals surface area contributed by atoms with E-state index in [4.69, 9.17) is 9.47 Å². The fourth-order valence-corrected chi connectivity index (χ4v) is 2.50. The molecular formula is C27H28N2O2. The molecule has 31 heavy (non-hydrogen) atoms. The van der Waals surface area contributed by atoms with Gasteiger partial charge in [-0.2, -0.15) is 0 Å². The zero-order chi connectivity index (χ0) is 22.3. The van der Waals surface area contributed by atoms with Crippen molar-refractivity contribution in [1.82, 2.24) is 0 Å². The van der Waals surface area contributed by atoms with Crippen molar-refractivity contribution in [2.24, 2.45) is 9.98 Å². The largest absolute Gasteiger partial charge is 0.478 e. The Morgan fingerprint density at radius 2 is 1.16 bits per heavy atom. The van der Waals surface area contributed by atoms with Crippen molar-refractivity contribution in [3.8, 4) is 23.7 Å². The molecule has 0 aromatic carbocycles. The highest BCUT2D eigenvalue weighted by atomic mass is 16.5. The van der Waals surface area contributed by atoms with Gasteiger partial charge in [-0.25, -0.2) is 9.98 Å². The standard InChI is InChI=1S/C27H28N2O2/c1-5-30-26-19-11-15-22(3)13-7-8-14-23(4)16-12-20-27(31-6-2)29-25-18-10-9-17-24(21-25)28-26/h9-12,15-20H,5-6,21H2,1-4H3/b15-11?,16-12?,19-11-,20-12+,22-15?,23-16+,26-19?,27-20?,28-24?,28-26?,29-25?,29-27?. The van der Waals surface area contributed by atoms with Gasteiger partial charge in [0.05, 0.1) is 24.6 Å². The summed E-state index contributed by atoms with van der Waals surface area (Å²) in [7, 11) is 0. The summed E-state index contributed by atoms with van der Waals surface area (Å²) < 4.78 is 11.4. The van der Waals surface area contributed by atoms with Crippen LogP contribution in [0.25, 0.3) is 0 Å². The molecule has 0 saturated carbocycles. The van der Waals surface area contributed by atoms with E-state index in [-0.39, 0.29) is 0 Å². The molecule has 158 valence electrons. The molecule has 1 aliphatic heterocycles. The highest BCUT2D eigenvalue weighted by Crippen LogP contribution is 2.18. The van der Waals surface area contributed by atoms with E-state index in [1.54, 1.807) is 0 Å². The van der Waals surface area contributed by atoms with Crippen LogP contribution in [0, 0.1) is 23.7 Å². The third-order valence-corrected chi connectivity index (χ3v) is 3.89. The Hall–Kier alpha value is -3.76. The lowest BCUT2D eigenvalue weighted by molar-refractivity contribution is 0.329. The monoisotopic (exact) mass is 412 g/mol. The predicted octanol–water partition coefficient (Wildman–Crippen LogP) is 5.61. The lowest BCUT2D eigenvalue weighted by Gasteiger charge is -2.07. The number of hydrogen-bond donors (Lipinski definition) is 0. The molecule has 4 heteroatoms. The van der Waals surface area contributed by atoms with Gasteiger partial charge in [-0.3, -0.25) is 0 Å². The second kappa shape index (κ2) is 13.5. The first-order valence-corrected chi connectivity index (χ1v) is 10.3. The van der Waals surface area contributed by atoms with Crippen molar-refractivity contribution >= 4 is 11.8 Å². The topological polar surface area (TPSA) is 43.2 Å². The Morgan fingerprint density at radius 1 is 0.710 bits per heavy atom. The summed E-state index contributed by atoms with van der Waals surface area (Å²) >= 11 is 0. The van der Waals surface area contributed by atoms with E-state index in [2.05, 4.69) is 33.7 Å². The fourth-order valence-electron chi connectivity index (χ4n) is 2.50. The van der Waals surface area contributed by atoms with Crippen molar-refractivity contribution in [3.63, 3.8) is 0 Å². The molecule has 0 atom stereocenters. The van der Waals surface area contributed by atoms with Crippen LogP contribution in [0.3, 0.4) is 0 Å². The van der Waals surface area contributed by atoms with Gasteiger partial charge in [0, 0.05) is 18.6 Å². The van der Waals surface area contributed by atoms with Crippen LogP contribution in [-0.2, 0) is 9.47 Å². The molecule has 0 aromatic heterocycles. The average Bonchev–Trinajstić information content (AvgIpc) is 2.95. The van der Waals surface area contributed by atoms with Gasteiger partial charge >= 0.3 is 0 Å². The zero-order valence-corrected chi connectivity index (χ0v) is 18.6. The van der Waals surface area contributed by atoms with Crippen molar-refractivity contribution in [2.45, 2.75) is 34.1 Å². The second-order valence-corrected chi connectivity index (χ2v) is 6.56. The smallest absolute Gasteiger partial charge is 0.213 e. The zero-order valence-electron chi connectivity index (χ0n) is 18.6.